The van der Waals surface area contributed by atoms with E-state index in [0.717, 1.165) is 22.9 Å². The summed E-state index contributed by atoms with van der Waals surface area (Å²) in [5.41, 5.74) is 1.00. The molecule has 1 aromatic rings. The van der Waals surface area contributed by atoms with Gasteiger partial charge in [0.25, 0.3) is 0 Å². The summed E-state index contributed by atoms with van der Waals surface area (Å²) >= 11 is 3.38. The highest BCUT2D eigenvalue weighted by molar-refractivity contribution is 9.10. The molecule has 0 aromatic heterocycles. The van der Waals surface area contributed by atoms with Crippen molar-refractivity contribution in [2.75, 3.05) is 7.05 Å². The number of nitrogens with zero attached hydrogens (tertiary/aromatic N) is 1. The Morgan fingerprint density at radius 1 is 1.44 bits per heavy atom. The molecule has 0 bridgehead atoms. The second-order valence-corrected chi connectivity index (χ2v) is 7.37. The molecule has 0 spiro atoms. The number of rotatable bonds is 4. The van der Waals surface area contributed by atoms with Gasteiger partial charge in [-0.3, -0.25) is 0 Å². The second kappa shape index (κ2) is 4.47. The van der Waals surface area contributed by atoms with Crippen LogP contribution in [-0.4, -0.2) is 25.0 Å². The standard InChI is InChI=1S/C11H14BrNO2S/c1-13(16(14,15)11-5-6-11)8-9-3-2-4-10(12)7-9/h2-4,7,11H,5-6,8H2,1H3. The molecule has 2 rings (SSSR count). The van der Waals surface area contributed by atoms with E-state index in [1.807, 2.05) is 24.3 Å². The first kappa shape index (κ1) is 12.1. The first-order valence-electron chi connectivity index (χ1n) is 5.20. The van der Waals surface area contributed by atoms with E-state index >= 15 is 0 Å². The van der Waals surface area contributed by atoms with Crippen LogP contribution in [-0.2, 0) is 16.6 Å². The topological polar surface area (TPSA) is 37.4 Å². The molecule has 0 heterocycles. The van der Waals surface area contributed by atoms with Crippen molar-refractivity contribution >= 4 is 26.0 Å². The van der Waals surface area contributed by atoms with Gasteiger partial charge in [-0.05, 0) is 30.5 Å². The van der Waals surface area contributed by atoms with Crippen molar-refractivity contribution in [3.05, 3.63) is 34.3 Å². The maximum atomic E-state index is 11.9. The number of sulfonamides is 1. The smallest absolute Gasteiger partial charge is 0.212 e. The minimum atomic E-state index is -3.06. The van der Waals surface area contributed by atoms with E-state index in [-0.39, 0.29) is 5.25 Å². The molecule has 1 aliphatic carbocycles. The van der Waals surface area contributed by atoms with Crippen molar-refractivity contribution in [3.63, 3.8) is 0 Å². The SMILES string of the molecule is CN(Cc1cccc(Br)c1)S(=O)(=O)C1CC1. The number of halogens is 1. The lowest BCUT2D eigenvalue weighted by Gasteiger charge is -2.16. The fourth-order valence-electron chi connectivity index (χ4n) is 1.60. The Kier molecular flexibility index (Phi) is 3.37. The molecule has 1 aromatic carbocycles. The van der Waals surface area contributed by atoms with E-state index in [1.165, 1.54) is 4.31 Å². The zero-order valence-corrected chi connectivity index (χ0v) is 11.5. The molecule has 1 aliphatic rings. The molecule has 1 saturated carbocycles. The second-order valence-electron chi connectivity index (χ2n) is 4.13. The van der Waals surface area contributed by atoms with Gasteiger partial charge in [0, 0.05) is 18.1 Å². The summed E-state index contributed by atoms with van der Waals surface area (Å²) in [5.74, 6) is 0. The molecule has 88 valence electrons. The lowest BCUT2D eigenvalue weighted by atomic mass is 10.2. The van der Waals surface area contributed by atoms with Crippen molar-refractivity contribution in [2.45, 2.75) is 24.6 Å². The number of benzene rings is 1. The molecule has 16 heavy (non-hydrogen) atoms. The molecular weight excluding hydrogens is 290 g/mol. The third kappa shape index (κ3) is 2.64. The van der Waals surface area contributed by atoms with Crippen molar-refractivity contribution < 1.29 is 8.42 Å². The summed E-state index contributed by atoms with van der Waals surface area (Å²) in [4.78, 5) is 0. The minimum Gasteiger partial charge on any atom is -0.212 e. The van der Waals surface area contributed by atoms with Gasteiger partial charge in [-0.25, -0.2) is 12.7 Å². The fourth-order valence-corrected chi connectivity index (χ4v) is 3.62. The van der Waals surface area contributed by atoms with Crippen LogP contribution < -0.4 is 0 Å². The maximum Gasteiger partial charge on any atom is 0.217 e. The van der Waals surface area contributed by atoms with E-state index in [2.05, 4.69) is 15.9 Å². The fraction of sp³-hybridized carbons (Fsp3) is 0.455. The third-order valence-corrected chi connectivity index (χ3v) is 5.48. The molecule has 0 amide bonds. The van der Waals surface area contributed by atoms with Gasteiger partial charge in [-0.2, -0.15) is 0 Å². The van der Waals surface area contributed by atoms with Gasteiger partial charge in [0.1, 0.15) is 0 Å². The summed E-state index contributed by atoms with van der Waals surface area (Å²) in [6.07, 6.45) is 1.62. The van der Waals surface area contributed by atoms with Crippen LogP contribution in [0.3, 0.4) is 0 Å². The van der Waals surface area contributed by atoms with Crippen LogP contribution in [0, 0.1) is 0 Å². The molecule has 0 N–H and O–H groups in total. The molecule has 0 aliphatic heterocycles. The van der Waals surface area contributed by atoms with Crippen molar-refractivity contribution in [3.8, 4) is 0 Å². The molecular formula is C11H14BrNO2S. The molecule has 5 heteroatoms. The molecule has 0 saturated heterocycles. The van der Waals surface area contributed by atoms with E-state index in [0.29, 0.717) is 6.54 Å². The summed E-state index contributed by atoms with van der Waals surface area (Å²) in [6, 6.07) is 7.72. The first-order chi connectivity index (χ1) is 7.50. The Labute approximate surface area is 105 Å². The van der Waals surface area contributed by atoms with Crippen LogP contribution in [0.4, 0.5) is 0 Å². The van der Waals surface area contributed by atoms with Gasteiger partial charge in [-0.15, -0.1) is 0 Å². The summed E-state index contributed by atoms with van der Waals surface area (Å²) in [6.45, 7) is 0.443. The summed E-state index contributed by atoms with van der Waals surface area (Å²) < 4.78 is 26.2. The zero-order chi connectivity index (χ0) is 11.8. The average molecular weight is 304 g/mol. The normalized spacial score (nSPS) is 16.7. The summed E-state index contributed by atoms with van der Waals surface area (Å²) in [5, 5.41) is -0.135. The third-order valence-electron chi connectivity index (χ3n) is 2.67. The van der Waals surface area contributed by atoms with Gasteiger partial charge < -0.3 is 0 Å². The quantitative estimate of drug-likeness (QED) is 0.856. The van der Waals surface area contributed by atoms with E-state index in [9.17, 15) is 8.42 Å². The Hall–Kier alpha value is -0.390. The molecule has 0 radical (unpaired) electrons. The largest absolute Gasteiger partial charge is 0.217 e. The highest BCUT2D eigenvalue weighted by Gasteiger charge is 2.38. The molecule has 0 unspecified atom stereocenters. The average Bonchev–Trinajstić information content (AvgIpc) is 3.00. The van der Waals surface area contributed by atoms with Crippen molar-refractivity contribution in [1.29, 1.82) is 0 Å². The van der Waals surface area contributed by atoms with Crippen LogP contribution in [0.1, 0.15) is 18.4 Å². The molecule has 0 atom stereocenters. The highest BCUT2D eigenvalue weighted by atomic mass is 79.9. The van der Waals surface area contributed by atoms with Crippen LogP contribution in [0.15, 0.2) is 28.7 Å². The predicted octanol–water partition coefficient (Wildman–Crippen LogP) is 2.37. The van der Waals surface area contributed by atoms with Crippen molar-refractivity contribution in [1.82, 2.24) is 4.31 Å². The highest BCUT2D eigenvalue weighted by Crippen LogP contribution is 2.31. The Bertz CT molecular complexity index is 483. The predicted molar refractivity (Wildman–Crippen MR) is 67.6 cm³/mol. The van der Waals surface area contributed by atoms with E-state index in [4.69, 9.17) is 0 Å². The van der Waals surface area contributed by atoms with Gasteiger partial charge >= 0.3 is 0 Å². The Morgan fingerprint density at radius 3 is 2.69 bits per heavy atom. The van der Waals surface area contributed by atoms with Gasteiger partial charge in [-0.1, -0.05) is 28.1 Å². The number of hydrogen-bond acceptors (Lipinski definition) is 2. The van der Waals surface area contributed by atoms with E-state index < -0.39 is 10.0 Å². The van der Waals surface area contributed by atoms with E-state index in [1.54, 1.807) is 7.05 Å². The number of hydrogen-bond donors (Lipinski definition) is 0. The molecule has 1 fully saturated rings. The van der Waals surface area contributed by atoms with Crippen LogP contribution >= 0.6 is 15.9 Å². The van der Waals surface area contributed by atoms with Gasteiger partial charge in [0.05, 0.1) is 5.25 Å². The van der Waals surface area contributed by atoms with Crippen LogP contribution in [0.25, 0.3) is 0 Å². The lowest BCUT2D eigenvalue weighted by Crippen LogP contribution is -2.29. The first-order valence-corrected chi connectivity index (χ1v) is 7.49. The Morgan fingerprint density at radius 2 is 2.12 bits per heavy atom. The van der Waals surface area contributed by atoms with Crippen LogP contribution in [0.2, 0.25) is 0 Å². The van der Waals surface area contributed by atoms with Crippen molar-refractivity contribution in [2.24, 2.45) is 0 Å². The monoisotopic (exact) mass is 303 g/mol. The van der Waals surface area contributed by atoms with Gasteiger partial charge in [0.15, 0.2) is 0 Å². The maximum absolute atomic E-state index is 11.9. The Balaban J connectivity index is 2.10. The molecule has 3 nitrogen and oxygen atoms in total. The van der Waals surface area contributed by atoms with Gasteiger partial charge in [0.2, 0.25) is 10.0 Å². The lowest BCUT2D eigenvalue weighted by molar-refractivity contribution is 0.465. The zero-order valence-electron chi connectivity index (χ0n) is 9.06. The minimum absolute atomic E-state index is 0.135. The summed E-state index contributed by atoms with van der Waals surface area (Å²) in [7, 11) is -1.41. The van der Waals surface area contributed by atoms with Crippen LogP contribution in [0.5, 0.6) is 0 Å².